The van der Waals surface area contributed by atoms with Crippen LogP contribution in [0.15, 0.2) is 30.5 Å². The zero-order valence-electron chi connectivity index (χ0n) is 9.22. The van der Waals surface area contributed by atoms with Gasteiger partial charge in [0, 0.05) is 11.9 Å². The van der Waals surface area contributed by atoms with Gasteiger partial charge in [0.25, 0.3) is 0 Å². The van der Waals surface area contributed by atoms with Crippen molar-refractivity contribution in [2.75, 3.05) is 6.54 Å². The van der Waals surface area contributed by atoms with Gasteiger partial charge in [-0.3, -0.25) is 4.68 Å². The summed E-state index contributed by atoms with van der Waals surface area (Å²) in [6.07, 6.45) is 1.90. The van der Waals surface area contributed by atoms with Gasteiger partial charge in [0.2, 0.25) is 0 Å². The molecular formula is C12H17N3. The van der Waals surface area contributed by atoms with Gasteiger partial charge in [0.05, 0.1) is 17.8 Å². The summed E-state index contributed by atoms with van der Waals surface area (Å²) in [5, 5.41) is 5.60. The molecule has 3 heteroatoms. The minimum absolute atomic E-state index is 0.282. The maximum Gasteiger partial charge on any atom is 0.0686 e. The third-order valence-electron chi connectivity index (χ3n) is 2.83. The molecule has 0 saturated heterocycles. The maximum absolute atomic E-state index is 5.80. The third-order valence-corrected chi connectivity index (χ3v) is 2.83. The normalized spacial score (nSPS) is 13.6. The summed E-state index contributed by atoms with van der Waals surface area (Å²) in [4.78, 5) is 0. The average molecular weight is 203 g/mol. The highest BCUT2D eigenvalue weighted by Crippen LogP contribution is 2.21. The van der Waals surface area contributed by atoms with Crippen molar-refractivity contribution in [1.82, 2.24) is 9.78 Å². The largest absolute Gasteiger partial charge is 0.328 e. The highest BCUT2D eigenvalue weighted by Gasteiger charge is 2.16. The van der Waals surface area contributed by atoms with Crippen LogP contribution in [0.4, 0.5) is 0 Å². The number of aromatic nitrogens is 2. The van der Waals surface area contributed by atoms with Crippen LogP contribution in [0.25, 0.3) is 10.9 Å². The molecule has 0 aliphatic rings. The van der Waals surface area contributed by atoms with Crippen LogP contribution in [0.5, 0.6) is 0 Å². The van der Waals surface area contributed by atoms with Gasteiger partial charge in [-0.1, -0.05) is 32.0 Å². The first-order valence-electron chi connectivity index (χ1n) is 5.36. The SMILES string of the molecule is CC(C)C(CN)n1ncc2ccccc21. The summed E-state index contributed by atoms with van der Waals surface area (Å²) in [5.41, 5.74) is 6.96. The molecule has 1 heterocycles. The molecule has 2 aromatic rings. The number of hydrogen-bond acceptors (Lipinski definition) is 2. The minimum atomic E-state index is 0.282. The molecule has 0 saturated carbocycles. The van der Waals surface area contributed by atoms with Crippen molar-refractivity contribution in [2.24, 2.45) is 11.7 Å². The fraction of sp³-hybridized carbons (Fsp3) is 0.417. The van der Waals surface area contributed by atoms with Crippen molar-refractivity contribution in [3.8, 4) is 0 Å². The number of nitrogens with zero attached hydrogens (tertiary/aromatic N) is 2. The minimum Gasteiger partial charge on any atom is -0.328 e. The molecule has 0 bridgehead atoms. The Bertz CT molecular complexity index is 445. The fourth-order valence-corrected chi connectivity index (χ4v) is 1.91. The van der Waals surface area contributed by atoms with Crippen LogP contribution in [0, 0.1) is 5.92 Å². The topological polar surface area (TPSA) is 43.8 Å². The van der Waals surface area contributed by atoms with E-state index in [-0.39, 0.29) is 6.04 Å². The molecule has 80 valence electrons. The second-order valence-corrected chi connectivity index (χ2v) is 4.20. The molecule has 1 atom stereocenters. The molecule has 3 nitrogen and oxygen atoms in total. The van der Waals surface area contributed by atoms with Gasteiger partial charge in [0.15, 0.2) is 0 Å². The number of hydrogen-bond donors (Lipinski definition) is 1. The Kier molecular flexibility index (Phi) is 2.73. The molecule has 0 aliphatic heterocycles. The van der Waals surface area contributed by atoms with E-state index in [1.54, 1.807) is 0 Å². The number of benzene rings is 1. The Morgan fingerprint density at radius 3 is 2.73 bits per heavy atom. The van der Waals surface area contributed by atoms with E-state index in [0.29, 0.717) is 12.5 Å². The lowest BCUT2D eigenvalue weighted by Gasteiger charge is -2.20. The van der Waals surface area contributed by atoms with Gasteiger partial charge < -0.3 is 5.73 Å². The lowest BCUT2D eigenvalue weighted by atomic mass is 10.0. The first-order valence-corrected chi connectivity index (χ1v) is 5.36. The van der Waals surface area contributed by atoms with Gasteiger partial charge in [-0.15, -0.1) is 0 Å². The Morgan fingerprint density at radius 2 is 2.07 bits per heavy atom. The second kappa shape index (κ2) is 4.03. The number of fused-ring (bicyclic) bond motifs is 1. The molecule has 0 aliphatic carbocycles. The second-order valence-electron chi connectivity index (χ2n) is 4.20. The van der Waals surface area contributed by atoms with Gasteiger partial charge in [-0.25, -0.2) is 0 Å². The van der Waals surface area contributed by atoms with E-state index in [9.17, 15) is 0 Å². The molecule has 15 heavy (non-hydrogen) atoms. The van der Waals surface area contributed by atoms with Gasteiger partial charge in [0.1, 0.15) is 0 Å². The standard InChI is InChI=1S/C12H17N3/c1-9(2)12(7-13)15-11-6-4-3-5-10(11)8-14-15/h3-6,8-9,12H,7,13H2,1-2H3. The summed E-state index contributed by atoms with van der Waals surface area (Å²) in [6, 6.07) is 8.51. The van der Waals surface area contributed by atoms with Crippen LogP contribution in [0.3, 0.4) is 0 Å². The Labute approximate surface area is 89.9 Å². The molecule has 0 spiro atoms. The van der Waals surface area contributed by atoms with E-state index >= 15 is 0 Å². The first-order chi connectivity index (χ1) is 7.24. The number of rotatable bonds is 3. The number of para-hydroxylation sites is 1. The van der Waals surface area contributed by atoms with Crippen LogP contribution in [0.1, 0.15) is 19.9 Å². The quantitative estimate of drug-likeness (QED) is 0.831. The highest BCUT2D eigenvalue weighted by molar-refractivity contribution is 5.78. The molecule has 0 radical (unpaired) electrons. The monoisotopic (exact) mass is 203 g/mol. The van der Waals surface area contributed by atoms with Gasteiger partial charge >= 0.3 is 0 Å². The molecule has 0 fully saturated rings. The summed E-state index contributed by atoms with van der Waals surface area (Å²) >= 11 is 0. The van der Waals surface area contributed by atoms with Crippen LogP contribution >= 0.6 is 0 Å². The van der Waals surface area contributed by atoms with E-state index in [1.165, 1.54) is 10.9 Å². The predicted molar refractivity (Wildman–Crippen MR) is 62.7 cm³/mol. The van der Waals surface area contributed by atoms with Crippen molar-refractivity contribution in [3.05, 3.63) is 30.5 Å². The third kappa shape index (κ3) is 1.75. The average Bonchev–Trinajstić information content (AvgIpc) is 2.63. The van der Waals surface area contributed by atoms with E-state index in [0.717, 1.165) is 0 Å². The Balaban J connectivity index is 2.51. The van der Waals surface area contributed by atoms with Crippen molar-refractivity contribution < 1.29 is 0 Å². The molecule has 2 rings (SSSR count). The fourth-order valence-electron chi connectivity index (χ4n) is 1.91. The molecular weight excluding hydrogens is 186 g/mol. The molecule has 1 aromatic carbocycles. The smallest absolute Gasteiger partial charge is 0.0686 e. The highest BCUT2D eigenvalue weighted by atomic mass is 15.3. The van der Waals surface area contributed by atoms with E-state index in [2.05, 4.69) is 31.1 Å². The summed E-state index contributed by atoms with van der Waals surface area (Å²) < 4.78 is 2.04. The summed E-state index contributed by atoms with van der Waals surface area (Å²) in [6.45, 7) is 4.98. The number of nitrogens with two attached hydrogens (primary N) is 1. The zero-order chi connectivity index (χ0) is 10.8. The summed E-state index contributed by atoms with van der Waals surface area (Å²) in [7, 11) is 0. The molecule has 2 N–H and O–H groups in total. The van der Waals surface area contributed by atoms with Crippen molar-refractivity contribution >= 4 is 10.9 Å². The maximum atomic E-state index is 5.80. The lowest BCUT2D eigenvalue weighted by molar-refractivity contribution is 0.364. The molecule has 1 unspecified atom stereocenters. The van der Waals surface area contributed by atoms with Crippen molar-refractivity contribution in [2.45, 2.75) is 19.9 Å². The van der Waals surface area contributed by atoms with Crippen molar-refractivity contribution in [1.29, 1.82) is 0 Å². The van der Waals surface area contributed by atoms with Crippen LogP contribution in [-0.2, 0) is 0 Å². The Hall–Kier alpha value is -1.35. The van der Waals surface area contributed by atoms with Gasteiger partial charge in [-0.05, 0) is 12.0 Å². The van der Waals surface area contributed by atoms with E-state index in [1.807, 2.05) is 23.0 Å². The van der Waals surface area contributed by atoms with Gasteiger partial charge in [-0.2, -0.15) is 5.10 Å². The Morgan fingerprint density at radius 1 is 1.33 bits per heavy atom. The van der Waals surface area contributed by atoms with Crippen LogP contribution in [-0.4, -0.2) is 16.3 Å². The zero-order valence-corrected chi connectivity index (χ0v) is 9.22. The lowest BCUT2D eigenvalue weighted by Crippen LogP contribution is -2.24. The van der Waals surface area contributed by atoms with E-state index in [4.69, 9.17) is 5.73 Å². The summed E-state index contributed by atoms with van der Waals surface area (Å²) in [5.74, 6) is 0.498. The first kappa shape index (κ1) is 10.2. The van der Waals surface area contributed by atoms with E-state index < -0.39 is 0 Å². The molecule has 0 amide bonds. The van der Waals surface area contributed by atoms with Crippen molar-refractivity contribution in [3.63, 3.8) is 0 Å². The molecule has 1 aromatic heterocycles. The van der Waals surface area contributed by atoms with Crippen LogP contribution in [0.2, 0.25) is 0 Å². The van der Waals surface area contributed by atoms with Crippen LogP contribution < -0.4 is 5.73 Å². The predicted octanol–water partition coefficient (Wildman–Crippen LogP) is 2.19.